The number of carbonyl (C=O) groups excluding carboxylic acids is 1. The first kappa shape index (κ1) is 10.1. The molecule has 0 radical (unpaired) electrons. The van der Waals surface area contributed by atoms with E-state index in [2.05, 4.69) is 6.42 Å². The third kappa shape index (κ3) is 3.14. The minimum atomic E-state index is 0. The van der Waals surface area contributed by atoms with E-state index >= 15 is 0 Å². The molecule has 2 nitrogen and oxygen atoms in total. The normalized spacial score (nSPS) is 19.2. The number of hydrogen-bond acceptors (Lipinski definition) is 1. The van der Waals surface area contributed by atoms with Gasteiger partial charge in [-0.25, -0.2) is 0 Å². The Morgan fingerprint density at radius 1 is 1.67 bits per heavy atom. The summed E-state index contributed by atoms with van der Waals surface area (Å²) in [6.07, 6.45) is 3.79. The van der Waals surface area contributed by atoms with E-state index in [1.807, 2.05) is 7.05 Å². The smallest absolute Gasteiger partial charge is 0.376 e. The molecule has 0 aliphatic carbocycles. The SMILES string of the molecule is CN1C[CH-]CCC1=O.[K+]. The average Bonchev–Trinajstić information content (AvgIpc) is 1.77. The van der Waals surface area contributed by atoms with Crippen molar-refractivity contribution in [3.05, 3.63) is 6.42 Å². The first-order chi connectivity index (χ1) is 3.80. The number of hydrogen-bond donors (Lipinski definition) is 0. The summed E-state index contributed by atoms with van der Waals surface area (Å²) in [4.78, 5) is 12.4. The van der Waals surface area contributed by atoms with Gasteiger partial charge in [-0.2, -0.15) is 6.42 Å². The molecule has 0 aromatic rings. The average molecular weight is 151 g/mol. The quantitative estimate of drug-likeness (QED) is 0.276. The van der Waals surface area contributed by atoms with Gasteiger partial charge in [-0.1, -0.05) is 0 Å². The number of nitrogens with zero attached hydrogens (tertiary/aromatic N) is 1. The van der Waals surface area contributed by atoms with E-state index in [1.54, 1.807) is 4.90 Å². The van der Waals surface area contributed by atoms with Gasteiger partial charge >= 0.3 is 51.4 Å². The molecule has 1 fully saturated rings. The summed E-state index contributed by atoms with van der Waals surface area (Å²) in [5.41, 5.74) is 0. The molecule has 1 saturated heterocycles. The molecule has 0 saturated carbocycles. The molecular formula is C6H10KNO. The molecule has 1 heterocycles. The molecule has 3 heteroatoms. The van der Waals surface area contributed by atoms with Gasteiger partial charge in [-0.05, 0) is 6.42 Å². The number of likely N-dealkylation sites (tertiary alicyclic amines) is 1. The summed E-state index contributed by atoms with van der Waals surface area (Å²) in [6.45, 7) is 0.832. The van der Waals surface area contributed by atoms with Gasteiger partial charge in [0, 0.05) is 7.05 Å². The third-order valence-corrected chi connectivity index (χ3v) is 1.39. The summed E-state index contributed by atoms with van der Waals surface area (Å²) >= 11 is 0. The van der Waals surface area contributed by atoms with E-state index in [0.717, 1.165) is 13.0 Å². The predicted molar refractivity (Wildman–Crippen MR) is 31.2 cm³/mol. The Hall–Kier alpha value is 1.11. The van der Waals surface area contributed by atoms with Gasteiger partial charge in [0.2, 0.25) is 5.91 Å². The minimum absolute atomic E-state index is 0. The zero-order chi connectivity index (χ0) is 5.98. The van der Waals surface area contributed by atoms with Crippen molar-refractivity contribution < 1.29 is 56.2 Å². The monoisotopic (exact) mass is 151 g/mol. The molecular weight excluding hydrogens is 141 g/mol. The second kappa shape index (κ2) is 4.85. The number of piperidine rings is 1. The van der Waals surface area contributed by atoms with Gasteiger partial charge in [-0.15, -0.1) is 6.54 Å². The van der Waals surface area contributed by atoms with Crippen LogP contribution in [0.25, 0.3) is 0 Å². The molecule has 0 N–H and O–H groups in total. The summed E-state index contributed by atoms with van der Waals surface area (Å²) < 4.78 is 0. The van der Waals surface area contributed by atoms with Crippen molar-refractivity contribution in [2.24, 2.45) is 0 Å². The van der Waals surface area contributed by atoms with Gasteiger partial charge in [0.25, 0.3) is 0 Å². The van der Waals surface area contributed by atoms with Gasteiger partial charge < -0.3 is 11.3 Å². The second-order valence-electron chi connectivity index (χ2n) is 2.10. The number of rotatable bonds is 0. The van der Waals surface area contributed by atoms with E-state index in [4.69, 9.17) is 0 Å². The maximum atomic E-state index is 10.7. The molecule has 0 aromatic carbocycles. The zero-order valence-electron chi connectivity index (χ0n) is 6.05. The van der Waals surface area contributed by atoms with Crippen LogP contribution in [-0.2, 0) is 4.79 Å². The van der Waals surface area contributed by atoms with Gasteiger partial charge in [0.05, 0.1) is 0 Å². The van der Waals surface area contributed by atoms with E-state index < -0.39 is 0 Å². The molecule has 9 heavy (non-hydrogen) atoms. The molecule has 1 amide bonds. The van der Waals surface area contributed by atoms with Crippen LogP contribution in [0.3, 0.4) is 0 Å². The summed E-state index contributed by atoms with van der Waals surface area (Å²) in [7, 11) is 1.83. The number of amides is 1. The summed E-state index contributed by atoms with van der Waals surface area (Å²) in [6, 6.07) is 0. The predicted octanol–water partition coefficient (Wildman–Crippen LogP) is -2.55. The molecule has 0 unspecified atom stereocenters. The molecule has 1 aliphatic rings. The second-order valence-corrected chi connectivity index (χ2v) is 2.10. The Morgan fingerprint density at radius 3 is 2.67 bits per heavy atom. The van der Waals surface area contributed by atoms with Crippen molar-refractivity contribution >= 4 is 5.91 Å². The first-order valence-electron chi connectivity index (χ1n) is 2.86. The van der Waals surface area contributed by atoms with Crippen molar-refractivity contribution in [1.82, 2.24) is 4.90 Å². The van der Waals surface area contributed by atoms with Crippen LogP contribution in [0.2, 0.25) is 0 Å². The van der Waals surface area contributed by atoms with Crippen LogP contribution < -0.4 is 51.4 Å². The van der Waals surface area contributed by atoms with Crippen LogP contribution in [0.1, 0.15) is 12.8 Å². The van der Waals surface area contributed by atoms with Crippen molar-refractivity contribution in [3.8, 4) is 0 Å². The largest absolute Gasteiger partial charge is 1.00 e. The van der Waals surface area contributed by atoms with Crippen LogP contribution >= 0.6 is 0 Å². The standard InChI is InChI=1S/C6H10NO.K/c1-7-5-3-2-4-6(7)8;/h3H,2,4-5H2,1H3;/q-1;+1. The molecule has 0 bridgehead atoms. The minimum Gasteiger partial charge on any atom is -0.376 e. The zero-order valence-corrected chi connectivity index (χ0v) is 9.18. The van der Waals surface area contributed by atoms with Gasteiger partial charge in [0.1, 0.15) is 0 Å². The van der Waals surface area contributed by atoms with Gasteiger partial charge in [0.15, 0.2) is 0 Å². The fraction of sp³-hybridized carbons (Fsp3) is 0.667. The van der Waals surface area contributed by atoms with Crippen LogP contribution in [0.4, 0.5) is 0 Å². The summed E-state index contributed by atoms with van der Waals surface area (Å²) in [5, 5.41) is 0. The molecule has 0 spiro atoms. The van der Waals surface area contributed by atoms with Crippen molar-refractivity contribution in [3.63, 3.8) is 0 Å². The van der Waals surface area contributed by atoms with Crippen molar-refractivity contribution in [2.45, 2.75) is 12.8 Å². The van der Waals surface area contributed by atoms with Crippen LogP contribution in [0.15, 0.2) is 0 Å². The van der Waals surface area contributed by atoms with Gasteiger partial charge in [-0.3, -0.25) is 4.79 Å². The molecule has 1 rings (SSSR count). The van der Waals surface area contributed by atoms with Crippen molar-refractivity contribution in [1.29, 1.82) is 0 Å². The fourth-order valence-electron chi connectivity index (χ4n) is 0.803. The van der Waals surface area contributed by atoms with E-state index in [-0.39, 0.29) is 57.3 Å². The van der Waals surface area contributed by atoms with Crippen LogP contribution in [0, 0.1) is 6.42 Å². The van der Waals surface area contributed by atoms with Crippen molar-refractivity contribution in [2.75, 3.05) is 13.6 Å². The topological polar surface area (TPSA) is 20.3 Å². The Morgan fingerprint density at radius 2 is 2.33 bits per heavy atom. The molecule has 0 atom stereocenters. The maximum Gasteiger partial charge on any atom is 1.00 e. The Bertz CT molecular complexity index is 105. The van der Waals surface area contributed by atoms with Crippen LogP contribution in [0.5, 0.6) is 0 Å². The Labute approximate surface area is 98.4 Å². The number of carbonyl (C=O) groups is 1. The summed E-state index contributed by atoms with van der Waals surface area (Å²) in [5.74, 6) is 0.271. The van der Waals surface area contributed by atoms with E-state index in [1.165, 1.54) is 0 Å². The molecule has 46 valence electrons. The Kier molecular flexibility index (Phi) is 5.45. The Balaban J connectivity index is 0.000000640. The van der Waals surface area contributed by atoms with E-state index in [9.17, 15) is 4.79 Å². The third-order valence-electron chi connectivity index (χ3n) is 1.39. The van der Waals surface area contributed by atoms with E-state index in [0.29, 0.717) is 6.42 Å². The van der Waals surface area contributed by atoms with Crippen LogP contribution in [-0.4, -0.2) is 24.4 Å². The molecule has 0 aromatic heterocycles. The fourth-order valence-corrected chi connectivity index (χ4v) is 0.803. The molecule has 1 aliphatic heterocycles. The first-order valence-corrected chi connectivity index (χ1v) is 2.86. The maximum absolute atomic E-state index is 10.7.